The molecule has 7 rings (SSSR count). The van der Waals surface area contributed by atoms with E-state index in [1.807, 2.05) is 0 Å². The van der Waals surface area contributed by atoms with E-state index < -0.39 is 168 Å². The number of esters is 1. The summed E-state index contributed by atoms with van der Waals surface area (Å²) in [5, 5.41) is 145. The van der Waals surface area contributed by atoms with Gasteiger partial charge in [-0.15, -0.1) is 0 Å². The average molecular weight is 921 g/mol. The van der Waals surface area contributed by atoms with Gasteiger partial charge >= 0.3 is 5.97 Å². The van der Waals surface area contributed by atoms with Gasteiger partial charge in [0, 0.05) is 23.8 Å². The molecule has 3 fully saturated rings. The van der Waals surface area contributed by atoms with Gasteiger partial charge < -0.3 is 109 Å². The van der Waals surface area contributed by atoms with E-state index in [0.717, 1.165) is 48.5 Å². The van der Waals surface area contributed by atoms with Crippen molar-refractivity contribution >= 4 is 23.0 Å². The SMILES string of the molecule is O=C(/C=C/c1ccc(O)c(O)c1)O[C@H]1[C@H](O[C@H]2[C@H](Oc3c(-c4ccc(O)c(O)c4)oc4cc(O[C@@H]5O[C@H](CO)[C@@H](O)[C@H](O)[C@H]5O)cc(O)c4c3=O)O[C@H](CO)[C@H](O)[C@@H]2O)OC[C@H](O)[C@@H]1O. The maximum absolute atomic E-state index is 14.4. The minimum absolute atomic E-state index is 0.183. The topological polar surface area (TPSA) is 395 Å². The second kappa shape index (κ2) is 19.3. The van der Waals surface area contributed by atoms with E-state index in [4.69, 9.17) is 37.6 Å². The number of phenolic OH excluding ortho intramolecular Hbond substituents is 5. The molecule has 14 N–H and O–H groups in total. The van der Waals surface area contributed by atoms with Crippen LogP contribution in [0, 0.1) is 0 Å². The van der Waals surface area contributed by atoms with Crippen LogP contribution < -0.4 is 14.9 Å². The predicted octanol–water partition coefficient (Wildman–Crippen LogP) is -2.93. The third-order valence-corrected chi connectivity index (χ3v) is 10.7. The fourth-order valence-electron chi connectivity index (χ4n) is 7.14. The summed E-state index contributed by atoms with van der Waals surface area (Å²) in [5.41, 5.74) is -1.61. The molecule has 3 aliphatic rings. The maximum atomic E-state index is 14.4. The summed E-state index contributed by atoms with van der Waals surface area (Å²) in [4.78, 5) is 27.4. The maximum Gasteiger partial charge on any atom is 0.331 e. The normalized spacial score (nSPS) is 31.8. The van der Waals surface area contributed by atoms with Crippen LogP contribution in [-0.2, 0) is 28.5 Å². The minimum atomic E-state index is -2.10. The van der Waals surface area contributed by atoms with Crippen LogP contribution in [0.1, 0.15) is 5.56 Å². The van der Waals surface area contributed by atoms with Crippen molar-refractivity contribution in [3.05, 3.63) is 70.4 Å². The first kappa shape index (κ1) is 47.1. The quantitative estimate of drug-likeness (QED) is 0.0384. The standard InChI is InChI=1S/C41H44O24/c42-11-24-29(52)32(55)34(57)39(61-24)59-16-9-21(48)27-23(10-16)60-35(15-3-5-18(45)20(47)8-15)36(31(27)54)64-41-38(33(56)30(53)25(12-43)62-41)65-40-37(28(51)22(49)13-58-40)63-26(50)6-2-14-1-4-17(44)19(46)7-14/h1-10,22,24-25,28-30,32-34,37-49,51-53,55-57H,11-13H2/b6-2+/t22-,24+,25+,28-,29+,30-,32-,33-,34+,37+,38+,39+,40-,41-/m0/s1. The predicted molar refractivity (Wildman–Crippen MR) is 211 cm³/mol. The lowest BCUT2D eigenvalue weighted by atomic mass is 9.98. The molecule has 0 amide bonds. The minimum Gasteiger partial charge on any atom is -0.507 e. The molecule has 3 aliphatic heterocycles. The van der Waals surface area contributed by atoms with Crippen molar-refractivity contribution in [2.24, 2.45) is 0 Å². The Hall–Kier alpha value is -5.84. The van der Waals surface area contributed by atoms with Crippen LogP contribution in [0.2, 0.25) is 0 Å². The molecule has 0 unspecified atom stereocenters. The Labute approximate surface area is 364 Å². The molecule has 4 aromatic rings. The van der Waals surface area contributed by atoms with Crippen LogP contribution in [0.4, 0.5) is 0 Å². The van der Waals surface area contributed by atoms with E-state index in [9.17, 15) is 81.1 Å². The molecule has 0 aliphatic carbocycles. The number of carbonyl (C=O) groups is 1. The Morgan fingerprint density at radius 1 is 0.662 bits per heavy atom. The van der Waals surface area contributed by atoms with Crippen molar-refractivity contribution in [1.82, 2.24) is 0 Å². The van der Waals surface area contributed by atoms with Gasteiger partial charge in [-0.25, -0.2) is 4.79 Å². The zero-order chi connectivity index (χ0) is 47.0. The zero-order valence-corrected chi connectivity index (χ0v) is 33.3. The van der Waals surface area contributed by atoms with Gasteiger partial charge in [-0.2, -0.15) is 0 Å². The summed E-state index contributed by atoms with van der Waals surface area (Å²) in [5.74, 6) is -6.04. The number of hydrogen-bond donors (Lipinski definition) is 14. The number of phenols is 5. The Kier molecular flexibility index (Phi) is 14.0. The van der Waals surface area contributed by atoms with Gasteiger partial charge in [-0.3, -0.25) is 4.79 Å². The number of hydrogen-bond acceptors (Lipinski definition) is 24. The van der Waals surface area contributed by atoms with Gasteiger partial charge in [0.05, 0.1) is 19.8 Å². The summed E-state index contributed by atoms with van der Waals surface area (Å²) in [6.07, 6.45) is -23.7. The number of aromatic hydroxyl groups is 5. The van der Waals surface area contributed by atoms with Gasteiger partial charge in [0.1, 0.15) is 77.4 Å². The van der Waals surface area contributed by atoms with E-state index in [1.54, 1.807) is 0 Å². The largest absolute Gasteiger partial charge is 0.507 e. The van der Waals surface area contributed by atoms with Crippen molar-refractivity contribution in [3.8, 4) is 51.6 Å². The zero-order valence-electron chi connectivity index (χ0n) is 33.3. The third-order valence-electron chi connectivity index (χ3n) is 10.7. The molecule has 3 saturated heterocycles. The first-order valence-electron chi connectivity index (χ1n) is 19.6. The van der Waals surface area contributed by atoms with Gasteiger partial charge in [0.2, 0.25) is 23.8 Å². The van der Waals surface area contributed by atoms with Gasteiger partial charge in [-0.1, -0.05) is 6.07 Å². The second-order valence-corrected chi connectivity index (χ2v) is 15.1. The van der Waals surface area contributed by atoms with E-state index >= 15 is 0 Å². The fraction of sp³-hybridized carbons (Fsp3) is 0.415. The van der Waals surface area contributed by atoms with Crippen LogP contribution in [0.25, 0.3) is 28.4 Å². The highest BCUT2D eigenvalue weighted by atomic mass is 16.8. The van der Waals surface area contributed by atoms with Crippen molar-refractivity contribution < 1.29 is 114 Å². The number of fused-ring (bicyclic) bond motifs is 1. The highest BCUT2D eigenvalue weighted by molar-refractivity contribution is 5.89. The van der Waals surface area contributed by atoms with Gasteiger partial charge in [0.15, 0.2) is 47.3 Å². The Balaban J connectivity index is 1.24. The number of benzene rings is 3. The summed E-state index contributed by atoms with van der Waals surface area (Å²) in [7, 11) is 0. The monoisotopic (exact) mass is 920 g/mol. The molecule has 0 spiro atoms. The second-order valence-electron chi connectivity index (χ2n) is 15.1. The molecule has 14 atom stereocenters. The lowest BCUT2D eigenvalue weighted by Crippen LogP contribution is -2.64. The molecule has 352 valence electrons. The molecule has 0 bridgehead atoms. The molecule has 1 aromatic heterocycles. The number of rotatable bonds is 12. The van der Waals surface area contributed by atoms with E-state index in [0.29, 0.717) is 0 Å². The molecule has 3 aromatic carbocycles. The Bertz CT molecular complexity index is 2440. The highest BCUT2D eigenvalue weighted by Crippen LogP contribution is 2.41. The van der Waals surface area contributed by atoms with E-state index in [1.165, 1.54) is 12.1 Å². The molecule has 65 heavy (non-hydrogen) atoms. The van der Waals surface area contributed by atoms with Crippen LogP contribution in [0.5, 0.6) is 40.2 Å². The molecular weight excluding hydrogens is 876 g/mol. The van der Waals surface area contributed by atoms with Crippen molar-refractivity contribution in [2.45, 2.75) is 86.0 Å². The van der Waals surface area contributed by atoms with Crippen molar-refractivity contribution in [3.63, 3.8) is 0 Å². The van der Waals surface area contributed by atoms with Crippen LogP contribution in [0.3, 0.4) is 0 Å². The number of aliphatic hydroxyl groups is 9. The smallest absolute Gasteiger partial charge is 0.331 e. The van der Waals surface area contributed by atoms with Crippen molar-refractivity contribution in [1.29, 1.82) is 0 Å². The highest BCUT2D eigenvalue weighted by Gasteiger charge is 2.52. The number of aliphatic hydroxyl groups excluding tert-OH is 9. The van der Waals surface area contributed by atoms with Crippen molar-refractivity contribution in [2.75, 3.05) is 19.8 Å². The lowest BCUT2D eigenvalue weighted by Gasteiger charge is -2.45. The number of carbonyl (C=O) groups excluding carboxylic acids is 1. The Morgan fingerprint density at radius 3 is 1.97 bits per heavy atom. The van der Waals surface area contributed by atoms with E-state index in [-0.39, 0.29) is 16.9 Å². The van der Waals surface area contributed by atoms with Gasteiger partial charge in [-0.05, 0) is 42.0 Å². The summed E-state index contributed by atoms with van der Waals surface area (Å²) in [6, 6.07) is 8.61. The first-order chi connectivity index (χ1) is 30.9. The summed E-state index contributed by atoms with van der Waals surface area (Å²) in [6.45, 7) is -2.38. The third kappa shape index (κ3) is 9.61. The molecule has 0 radical (unpaired) electrons. The lowest BCUT2D eigenvalue weighted by molar-refractivity contribution is -0.345. The molecule has 0 saturated carbocycles. The molecule has 24 nitrogen and oxygen atoms in total. The number of ether oxygens (including phenoxy) is 7. The summed E-state index contributed by atoms with van der Waals surface area (Å²) < 4.78 is 45.6. The molecule has 4 heterocycles. The Morgan fingerprint density at radius 2 is 1.31 bits per heavy atom. The molecule has 24 heteroatoms. The average Bonchev–Trinajstić information content (AvgIpc) is 3.27. The van der Waals surface area contributed by atoms with Gasteiger partial charge in [0.25, 0.3) is 0 Å². The van der Waals surface area contributed by atoms with E-state index in [2.05, 4.69) is 0 Å². The van der Waals surface area contributed by atoms with Crippen LogP contribution >= 0.6 is 0 Å². The van der Waals surface area contributed by atoms with Crippen LogP contribution in [-0.4, -0.2) is 183 Å². The first-order valence-corrected chi connectivity index (χ1v) is 19.6. The fourth-order valence-corrected chi connectivity index (χ4v) is 7.14. The molecular formula is C41H44O24. The van der Waals surface area contributed by atoms with Crippen LogP contribution in [0.15, 0.2) is 63.8 Å². The summed E-state index contributed by atoms with van der Waals surface area (Å²) >= 11 is 0.